The van der Waals surface area contributed by atoms with Gasteiger partial charge >= 0.3 is 0 Å². The van der Waals surface area contributed by atoms with E-state index < -0.39 is 0 Å². The molecule has 0 unspecified atom stereocenters. The minimum Gasteiger partial charge on any atom is -0.379 e. The fourth-order valence-electron chi connectivity index (χ4n) is 1.64. The second-order valence-corrected chi connectivity index (χ2v) is 6.25. The van der Waals surface area contributed by atoms with Crippen molar-refractivity contribution in [3.05, 3.63) is 0 Å². The van der Waals surface area contributed by atoms with Crippen molar-refractivity contribution < 1.29 is 23.7 Å². The van der Waals surface area contributed by atoms with Crippen LogP contribution in [0.25, 0.3) is 0 Å². The molecule has 0 saturated heterocycles. The summed E-state index contributed by atoms with van der Waals surface area (Å²) >= 11 is 0. The lowest BCUT2D eigenvalue weighted by molar-refractivity contribution is -0.123. The van der Waals surface area contributed by atoms with Crippen LogP contribution in [0.15, 0.2) is 10.1 Å². The molecule has 0 spiro atoms. The number of nitrogens with two attached hydrogens (primary N) is 1. The van der Waals surface area contributed by atoms with E-state index in [4.69, 9.17) is 24.8 Å². The zero-order chi connectivity index (χ0) is 19.6. The first-order valence-corrected chi connectivity index (χ1v) is 9.11. The van der Waals surface area contributed by atoms with Crippen LogP contribution in [0.4, 0.5) is 0 Å². The van der Waals surface area contributed by atoms with Gasteiger partial charge in [0.25, 0.3) is 0 Å². The normalized spacial score (nSPS) is 12.6. The SMILES string of the molecule is CC(C)N=C/C(COCCOCCOCCOCCC(=O)C(C)C)=N\N. The van der Waals surface area contributed by atoms with Crippen LogP contribution in [-0.2, 0) is 23.7 Å². The summed E-state index contributed by atoms with van der Waals surface area (Å²) in [4.78, 5) is 15.6. The molecule has 2 N–H and O–H groups in total. The maximum Gasteiger partial charge on any atom is 0.137 e. The Hall–Kier alpha value is -1.35. The fraction of sp³-hybridized carbons (Fsp3) is 0.833. The van der Waals surface area contributed by atoms with Crippen LogP contribution < -0.4 is 5.84 Å². The molecule has 0 radical (unpaired) electrons. The standard InChI is InChI=1S/C18H35N3O5/c1-15(2)18(22)5-6-23-7-8-24-9-10-25-11-12-26-14-17(21-19)13-20-16(3)4/h13,15-16H,5-12,14,19H2,1-4H3/b20-13?,21-17+. The number of nitrogens with zero attached hydrogens (tertiary/aromatic N) is 2. The van der Waals surface area contributed by atoms with E-state index >= 15 is 0 Å². The Morgan fingerprint density at radius 1 is 0.885 bits per heavy atom. The topological polar surface area (TPSA) is 105 Å². The number of hydrogen-bond acceptors (Lipinski definition) is 8. The van der Waals surface area contributed by atoms with Gasteiger partial charge in [-0.25, -0.2) is 0 Å². The van der Waals surface area contributed by atoms with Crippen molar-refractivity contribution >= 4 is 17.7 Å². The smallest absolute Gasteiger partial charge is 0.137 e. The molecule has 0 aromatic carbocycles. The Bertz CT molecular complexity index is 412. The Labute approximate surface area is 157 Å². The van der Waals surface area contributed by atoms with Gasteiger partial charge in [-0.1, -0.05) is 13.8 Å². The van der Waals surface area contributed by atoms with Gasteiger partial charge in [-0.3, -0.25) is 9.79 Å². The summed E-state index contributed by atoms with van der Waals surface area (Å²) in [6, 6.07) is 0.197. The third kappa shape index (κ3) is 16.1. The highest BCUT2D eigenvalue weighted by atomic mass is 16.6. The lowest BCUT2D eigenvalue weighted by Crippen LogP contribution is -2.17. The van der Waals surface area contributed by atoms with Crippen LogP contribution in [0, 0.1) is 5.92 Å². The van der Waals surface area contributed by atoms with Crippen molar-refractivity contribution in [3.63, 3.8) is 0 Å². The Morgan fingerprint density at radius 2 is 1.38 bits per heavy atom. The molecule has 8 nitrogen and oxygen atoms in total. The first kappa shape index (κ1) is 24.7. The van der Waals surface area contributed by atoms with Crippen molar-refractivity contribution in [2.75, 3.05) is 52.9 Å². The predicted molar refractivity (Wildman–Crippen MR) is 103 cm³/mol. The summed E-state index contributed by atoms with van der Waals surface area (Å²) in [6.45, 7) is 11.3. The number of hydrazone groups is 1. The predicted octanol–water partition coefficient (Wildman–Crippen LogP) is 1.46. The number of rotatable bonds is 17. The second kappa shape index (κ2) is 17.1. The zero-order valence-corrected chi connectivity index (χ0v) is 16.6. The van der Waals surface area contributed by atoms with E-state index in [2.05, 4.69) is 10.1 Å². The van der Waals surface area contributed by atoms with Gasteiger partial charge in [-0.2, -0.15) is 5.10 Å². The van der Waals surface area contributed by atoms with E-state index in [-0.39, 0.29) is 17.7 Å². The average Bonchev–Trinajstić information content (AvgIpc) is 2.60. The number of ether oxygens (including phenoxy) is 4. The van der Waals surface area contributed by atoms with Crippen molar-refractivity contribution in [1.29, 1.82) is 0 Å². The van der Waals surface area contributed by atoms with Gasteiger partial charge in [0, 0.05) is 24.6 Å². The van der Waals surface area contributed by atoms with Crippen LogP contribution in [0.5, 0.6) is 0 Å². The minimum atomic E-state index is 0.0679. The van der Waals surface area contributed by atoms with Crippen LogP contribution >= 0.6 is 0 Å². The van der Waals surface area contributed by atoms with E-state index in [9.17, 15) is 4.79 Å². The van der Waals surface area contributed by atoms with Gasteiger partial charge in [-0.15, -0.1) is 0 Å². The van der Waals surface area contributed by atoms with E-state index in [1.54, 1.807) is 6.21 Å². The number of aliphatic imine (C=N–C) groups is 1. The highest BCUT2D eigenvalue weighted by Gasteiger charge is 2.06. The summed E-state index contributed by atoms with van der Waals surface area (Å²) in [6.07, 6.45) is 2.08. The largest absolute Gasteiger partial charge is 0.379 e. The van der Waals surface area contributed by atoms with Gasteiger partial charge in [0.05, 0.1) is 52.9 Å². The molecular formula is C18H35N3O5. The molecular weight excluding hydrogens is 338 g/mol. The number of Topliss-reactive ketones (excluding diaryl/α,β-unsaturated/α-hetero) is 1. The first-order chi connectivity index (χ1) is 12.5. The van der Waals surface area contributed by atoms with Crippen molar-refractivity contribution in [2.24, 2.45) is 21.9 Å². The molecule has 0 aliphatic carbocycles. The quantitative estimate of drug-likeness (QED) is 0.179. The zero-order valence-electron chi connectivity index (χ0n) is 16.6. The monoisotopic (exact) mass is 373 g/mol. The van der Waals surface area contributed by atoms with Crippen LogP contribution in [-0.4, -0.2) is 76.6 Å². The molecule has 8 heteroatoms. The second-order valence-electron chi connectivity index (χ2n) is 6.25. The molecule has 0 heterocycles. The van der Waals surface area contributed by atoms with E-state index in [1.807, 2.05) is 27.7 Å². The number of carbonyl (C=O) groups excluding carboxylic acids is 1. The maximum atomic E-state index is 11.4. The number of hydrogen-bond donors (Lipinski definition) is 1. The third-order valence-corrected chi connectivity index (χ3v) is 3.19. The number of carbonyl (C=O) groups is 1. The average molecular weight is 373 g/mol. The summed E-state index contributed by atoms with van der Waals surface area (Å²) in [5, 5.41) is 3.62. The van der Waals surface area contributed by atoms with Gasteiger partial charge in [0.15, 0.2) is 0 Å². The lowest BCUT2D eigenvalue weighted by atomic mass is 10.1. The fourth-order valence-corrected chi connectivity index (χ4v) is 1.64. The maximum absolute atomic E-state index is 11.4. The third-order valence-electron chi connectivity index (χ3n) is 3.19. The highest BCUT2D eigenvalue weighted by molar-refractivity contribution is 6.31. The molecule has 0 aromatic heterocycles. The molecule has 0 rings (SSSR count). The van der Waals surface area contributed by atoms with Gasteiger partial charge in [0.1, 0.15) is 11.5 Å². The molecule has 0 aliphatic rings. The minimum absolute atomic E-state index is 0.0679. The molecule has 0 saturated carbocycles. The molecule has 0 amide bonds. The Morgan fingerprint density at radius 3 is 1.85 bits per heavy atom. The van der Waals surface area contributed by atoms with Gasteiger partial charge < -0.3 is 24.8 Å². The lowest BCUT2D eigenvalue weighted by Gasteiger charge is -2.08. The molecule has 0 atom stereocenters. The molecule has 0 aliphatic heterocycles. The van der Waals surface area contributed by atoms with Crippen molar-refractivity contribution in [3.8, 4) is 0 Å². The first-order valence-electron chi connectivity index (χ1n) is 9.11. The van der Waals surface area contributed by atoms with Crippen LogP contribution in [0.3, 0.4) is 0 Å². The van der Waals surface area contributed by atoms with E-state index in [1.165, 1.54) is 0 Å². The Balaban J connectivity index is 3.35. The van der Waals surface area contributed by atoms with Crippen molar-refractivity contribution in [1.82, 2.24) is 0 Å². The van der Waals surface area contributed by atoms with Gasteiger partial charge in [-0.05, 0) is 13.8 Å². The summed E-state index contributed by atoms with van der Waals surface area (Å²) < 4.78 is 21.5. The molecule has 0 bridgehead atoms. The summed E-state index contributed by atoms with van der Waals surface area (Å²) in [5.74, 6) is 5.56. The van der Waals surface area contributed by atoms with Crippen LogP contribution in [0.2, 0.25) is 0 Å². The van der Waals surface area contributed by atoms with Crippen LogP contribution in [0.1, 0.15) is 34.1 Å². The van der Waals surface area contributed by atoms with Crippen molar-refractivity contribution in [2.45, 2.75) is 40.2 Å². The molecule has 0 fully saturated rings. The Kier molecular flexibility index (Phi) is 16.2. The highest BCUT2D eigenvalue weighted by Crippen LogP contribution is 1.98. The molecule has 152 valence electrons. The van der Waals surface area contributed by atoms with Gasteiger partial charge in [0.2, 0.25) is 0 Å². The molecule has 0 aromatic rings. The summed E-state index contributed by atoms with van der Waals surface area (Å²) in [5.41, 5.74) is 0.595. The molecule has 26 heavy (non-hydrogen) atoms. The van der Waals surface area contributed by atoms with E-state index in [0.29, 0.717) is 65.0 Å². The summed E-state index contributed by atoms with van der Waals surface area (Å²) in [7, 11) is 0. The van der Waals surface area contributed by atoms with E-state index in [0.717, 1.165) is 0 Å². The number of ketones is 1.